The second-order valence-corrected chi connectivity index (χ2v) is 9.50. The molecule has 1 heterocycles. The fourth-order valence-electron chi connectivity index (χ4n) is 4.54. The maximum atomic E-state index is 13.0. The van der Waals surface area contributed by atoms with Gasteiger partial charge in [-0.2, -0.15) is 0 Å². The van der Waals surface area contributed by atoms with Crippen molar-refractivity contribution in [2.24, 2.45) is 0 Å². The van der Waals surface area contributed by atoms with E-state index in [2.05, 4.69) is 28.3 Å². The third-order valence-corrected chi connectivity index (χ3v) is 7.71. The Balaban J connectivity index is 1.65. The molecule has 6 nitrogen and oxygen atoms in total. The van der Waals surface area contributed by atoms with Crippen LogP contribution < -0.4 is 14.9 Å². The zero-order valence-corrected chi connectivity index (χ0v) is 16.6. The molecule has 1 saturated heterocycles. The Morgan fingerprint density at radius 1 is 1.26 bits per heavy atom. The van der Waals surface area contributed by atoms with Crippen LogP contribution in [0.4, 0.5) is 10.5 Å². The summed E-state index contributed by atoms with van der Waals surface area (Å²) in [6.07, 6.45) is 9.19. The first-order chi connectivity index (χ1) is 13.0. The number of urea groups is 1. The summed E-state index contributed by atoms with van der Waals surface area (Å²) in [6.45, 7) is 3.67. The first kappa shape index (κ1) is 18.5. The van der Waals surface area contributed by atoms with Gasteiger partial charge < -0.3 is 5.32 Å². The summed E-state index contributed by atoms with van der Waals surface area (Å²) < 4.78 is 27.8. The normalized spacial score (nSPS) is 19.0. The molecule has 1 aromatic rings. The van der Waals surface area contributed by atoms with Crippen LogP contribution in [0.5, 0.6) is 0 Å². The number of benzene rings is 1. The van der Waals surface area contributed by atoms with E-state index >= 15 is 0 Å². The molecular formula is C20H27N3O3S. The van der Waals surface area contributed by atoms with Crippen molar-refractivity contribution >= 4 is 27.8 Å². The third kappa shape index (κ3) is 3.38. The molecule has 0 atom stereocenters. The van der Waals surface area contributed by atoms with Gasteiger partial charge in [-0.05, 0) is 75.2 Å². The first-order valence-electron chi connectivity index (χ1n) is 9.89. The molecular weight excluding hydrogens is 362 g/mol. The van der Waals surface area contributed by atoms with E-state index in [1.165, 1.54) is 16.7 Å². The summed E-state index contributed by atoms with van der Waals surface area (Å²) in [5, 5.41) is 2.66. The second-order valence-electron chi connectivity index (χ2n) is 7.54. The average molecular weight is 390 g/mol. The molecule has 27 heavy (non-hydrogen) atoms. The molecule has 2 aliphatic carbocycles. The quantitative estimate of drug-likeness (QED) is 0.829. The van der Waals surface area contributed by atoms with Crippen LogP contribution in [0, 0.1) is 0 Å². The van der Waals surface area contributed by atoms with Gasteiger partial charge in [0.15, 0.2) is 0 Å². The van der Waals surface area contributed by atoms with Crippen molar-refractivity contribution in [3.8, 4) is 0 Å². The number of carbonyl (C=O) groups is 1. The molecule has 0 unspecified atom stereocenters. The minimum Gasteiger partial charge on any atom is -0.317 e. The van der Waals surface area contributed by atoms with E-state index in [-0.39, 0.29) is 0 Å². The van der Waals surface area contributed by atoms with Crippen molar-refractivity contribution in [1.82, 2.24) is 10.0 Å². The minimum atomic E-state index is -3.67. The van der Waals surface area contributed by atoms with E-state index in [1.54, 1.807) is 4.90 Å². The number of rotatable bonds is 4. The van der Waals surface area contributed by atoms with Crippen LogP contribution in [0.25, 0.3) is 6.08 Å². The zero-order valence-electron chi connectivity index (χ0n) is 15.8. The molecule has 146 valence electrons. The number of piperidine rings is 1. The average Bonchev–Trinajstić information content (AvgIpc) is 3.31. The van der Waals surface area contributed by atoms with Gasteiger partial charge >= 0.3 is 6.03 Å². The Morgan fingerprint density at radius 3 is 2.78 bits per heavy atom. The molecule has 1 aliphatic heterocycles. The van der Waals surface area contributed by atoms with Gasteiger partial charge in [0.1, 0.15) is 0 Å². The molecule has 1 fully saturated rings. The predicted molar refractivity (Wildman–Crippen MR) is 108 cm³/mol. The lowest BCUT2D eigenvalue weighted by Crippen LogP contribution is -2.49. The van der Waals surface area contributed by atoms with Crippen LogP contribution in [0.1, 0.15) is 48.4 Å². The van der Waals surface area contributed by atoms with Crippen LogP contribution >= 0.6 is 0 Å². The van der Waals surface area contributed by atoms with Gasteiger partial charge in [-0.3, -0.25) is 4.90 Å². The van der Waals surface area contributed by atoms with E-state index in [9.17, 15) is 13.2 Å². The third-order valence-electron chi connectivity index (χ3n) is 5.90. The number of fused-ring (bicyclic) bond motifs is 2. The van der Waals surface area contributed by atoms with Gasteiger partial charge in [0, 0.05) is 12.1 Å². The van der Waals surface area contributed by atoms with Crippen molar-refractivity contribution < 1.29 is 13.2 Å². The number of nitrogens with zero attached hydrogens (tertiary/aromatic N) is 1. The summed E-state index contributed by atoms with van der Waals surface area (Å²) in [4.78, 5) is 14.7. The van der Waals surface area contributed by atoms with E-state index in [4.69, 9.17) is 0 Å². The number of anilines is 1. The minimum absolute atomic E-state index is 0.435. The van der Waals surface area contributed by atoms with Crippen LogP contribution in [0.2, 0.25) is 0 Å². The fourth-order valence-corrected chi connectivity index (χ4v) is 5.91. The fraction of sp³-hybridized carbons (Fsp3) is 0.550. The highest BCUT2D eigenvalue weighted by molar-refractivity contribution is 7.90. The van der Waals surface area contributed by atoms with Crippen molar-refractivity contribution in [2.45, 2.75) is 50.7 Å². The van der Waals surface area contributed by atoms with E-state index in [0.717, 1.165) is 36.9 Å². The molecule has 2 N–H and O–H groups in total. The SMILES string of the molecule is CCN(C(=O)NS(=O)(=O)C1CCNCC1)c1c2c(cc3c1CCC3)CC=C2. The summed E-state index contributed by atoms with van der Waals surface area (Å²) in [5.74, 6) is 0. The van der Waals surface area contributed by atoms with Crippen molar-refractivity contribution in [3.63, 3.8) is 0 Å². The largest absolute Gasteiger partial charge is 0.335 e. The lowest BCUT2D eigenvalue weighted by Gasteiger charge is -2.28. The van der Waals surface area contributed by atoms with E-state index in [1.807, 2.05) is 6.92 Å². The molecule has 7 heteroatoms. The van der Waals surface area contributed by atoms with Crippen molar-refractivity contribution in [1.29, 1.82) is 0 Å². The Bertz CT molecular complexity index is 885. The standard InChI is InChI=1S/C20H27N3O3S/c1-2-23(20(24)22-27(25,26)16-9-11-21-12-10-16)19-17-7-3-5-14(17)13-15-6-4-8-18(15)19/h3,7,13,16,21H,2,4-6,8-12H2,1H3,(H,22,24). The van der Waals surface area contributed by atoms with Gasteiger partial charge in [-0.1, -0.05) is 18.2 Å². The van der Waals surface area contributed by atoms with Gasteiger partial charge in [-0.15, -0.1) is 0 Å². The Labute approximate surface area is 161 Å². The van der Waals surface area contributed by atoms with Crippen molar-refractivity contribution in [3.05, 3.63) is 34.4 Å². The Morgan fingerprint density at radius 2 is 2.04 bits per heavy atom. The molecule has 2 amide bonds. The number of amides is 2. The predicted octanol–water partition coefficient (Wildman–Crippen LogP) is 2.36. The summed E-state index contributed by atoms with van der Waals surface area (Å²) in [6, 6.07) is 1.73. The summed E-state index contributed by atoms with van der Waals surface area (Å²) in [5.41, 5.74) is 5.73. The molecule has 0 bridgehead atoms. The molecule has 4 rings (SSSR count). The molecule has 0 radical (unpaired) electrons. The Hall–Kier alpha value is -1.86. The number of carbonyl (C=O) groups excluding carboxylic acids is 1. The molecule has 3 aliphatic rings. The second kappa shape index (κ2) is 7.28. The maximum absolute atomic E-state index is 13.0. The highest BCUT2D eigenvalue weighted by atomic mass is 32.2. The molecule has 0 spiro atoms. The highest BCUT2D eigenvalue weighted by Crippen LogP contribution is 2.40. The topological polar surface area (TPSA) is 78.5 Å². The van der Waals surface area contributed by atoms with E-state index in [0.29, 0.717) is 32.5 Å². The molecule has 1 aromatic carbocycles. The first-order valence-corrected chi connectivity index (χ1v) is 11.4. The van der Waals surface area contributed by atoms with Crippen LogP contribution in [-0.4, -0.2) is 39.3 Å². The monoisotopic (exact) mass is 389 g/mol. The molecule has 0 aromatic heterocycles. The van der Waals surface area contributed by atoms with Gasteiger partial charge in [0.25, 0.3) is 0 Å². The highest BCUT2D eigenvalue weighted by Gasteiger charge is 2.33. The zero-order chi connectivity index (χ0) is 19.0. The van der Waals surface area contributed by atoms with E-state index < -0.39 is 21.3 Å². The number of sulfonamides is 1. The smallest absolute Gasteiger partial charge is 0.317 e. The number of hydrogen-bond acceptors (Lipinski definition) is 4. The molecule has 0 saturated carbocycles. The number of aryl methyl sites for hydroxylation is 1. The maximum Gasteiger partial charge on any atom is 0.335 e. The van der Waals surface area contributed by atoms with Crippen LogP contribution in [0.3, 0.4) is 0 Å². The van der Waals surface area contributed by atoms with Crippen LogP contribution in [-0.2, 0) is 29.3 Å². The number of nitrogens with one attached hydrogen (secondary N) is 2. The number of hydrogen-bond donors (Lipinski definition) is 2. The summed E-state index contributed by atoms with van der Waals surface area (Å²) >= 11 is 0. The van der Waals surface area contributed by atoms with Gasteiger partial charge in [0.2, 0.25) is 10.0 Å². The van der Waals surface area contributed by atoms with Gasteiger partial charge in [0.05, 0.1) is 10.9 Å². The summed E-state index contributed by atoms with van der Waals surface area (Å²) in [7, 11) is -3.67. The number of allylic oxidation sites excluding steroid dienone is 1. The Kier molecular flexibility index (Phi) is 4.99. The van der Waals surface area contributed by atoms with Crippen molar-refractivity contribution in [2.75, 3.05) is 24.5 Å². The lowest BCUT2D eigenvalue weighted by atomic mass is 9.98. The van der Waals surface area contributed by atoms with Gasteiger partial charge in [-0.25, -0.2) is 17.9 Å². The van der Waals surface area contributed by atoms with Crippen LogP contribution in [0.15, 0.2) is 12.1 Å². The lowest BCUT2D eigenvalue weighted by molar-refractivity contribution is 0.251.